The second-order valence-electron chi connectivity index (χ2n) is 6.62. The Morgan fingerprint density at radius 3 is 1.90 bits per heavy atom. The van der Waals surface area contributed by atoms with Crippen molar-refractivity contribution < 1.29 is 8.78 Å². The smallest absolute Gasteiger partial charge is 0.153 e. The topological polar surface area (TPSA) is 12.4 Å². The molecule has 0 aliphatic heterocycles. The van der Waals surface area contributed by atoms with Crippen molar-refractivity contribution in [3.05, 3.63) is 89.0 Å². The van der Waals surface area contributed by atoms with Gasteiger partial charge in [-0.25, -0.2) is 8.78 Å². The molecule has 144 valence electrons. The molecule has 0 aliphatic carbocycles. The summed E-state index contributed by atoms with van der Waals surface area (Å²) in [4.78, 5) is 3.42. The lowest BCUT2D eigenvalue weighted by Gasteiger charge is -2.05. The van der Waals surface area contributed by atoms with E-state index in [9.17, 15) is 8.78 Å². The molecule has 29 heavy (non-hydrogen) atoms. The molecule has 0 spiro atoms. The highest BCUT2D eigenvalue weighted by Crippen LogP contribution is 2.29. The molecule has 0 N–H and O–H groups in total. The van der Waals surface area contributed by atoms with Crippen LogP contribution in [-0.2, 0) is 6.42 Å². The van der Waals surface area contributed by atoms with E-state index in [1.807, 2.05) is 29.4 Å². The number of unbranched alkanes of at least 4 members (excludes halogenated alkanes) is 1. The van der Waals surface area contributed by atoms with Crippen molar-refractivity contribution in [1.29, 1.82) is 0 Å². The molecule has 4 heteroatoms. The molecule has 0 atom stereocenters. The molecule has 0 fully saturated rings. The summed E-state index contributed by atoms with van der Waals surface area (Å²) >= 11 is 4.41. The Bertz CT molecular complexity index is 1080. The van der Waals surface area contributed by atoms with Gasteiger partial charge < -0.3 is 0 Å². The van der Waals surface area contributed by atoms with Gasteiger partial charge in [-0.05, 0) is 78.1 Å². The van der Waals surface area contributed by atoms with Crippen molar-refractivity contribution in [2.45, 2.75) is 26.2 Å². The predicted molar refractivity (Wildman–Crippen MR) is 118 cm³/mol. The Kier molecular flexibility index (Phi) is 7.03. The fourth-order valence-corrected chi connectivity index (χ4v) is 3.00. The monoisotopic (exact) mass is 403 g/mol. The lowest BCUT2D eigenvalue weighted by molar-refractivity contribution is 0.588. The number of aryl methyl sites for hydroxylation is 1. The van der Waals surface area contributed by atoms with Crippen LogP contribution in [0.3, 0.4) is 0 Å². The zero-order chi connectivity index (χ0) is 20.6. The van der Waals surface area contributed by atoms with E-state index in [2.05, 4.69) is 48.1 Å². The average molecular weight is 403 g/mol. The quantitative estimate of drug-likeness (QED) is 0.251. The second kappa shape index (κ2) is 9.89. The first-order valence-corrected chi connectivity index (χ1v) is 9.80. The number of thiocarbonyl (C=S) groups is 1. The minimum Gasteiger partial charge on any atom is -0.204 e. The number of benzene rings is 3. The van der Waals surface area contributed by atoms with Crippen molar-refractivity contribution in [3.63, 3.8) is 0 Å². The molecule has 0 aromatic heterocycles. The molecule has 3 rings (SSSR count). The summed E-state index contributed by atoms with van der Waals surface area (Å²) in [7, 11) is 0. The van der Waals surface area contributed by atoms with Gasteiger partial charge in [0.15, 0.2) is 11.6 Å². The van der Waals surface area contributed by atoms with Gasteiger partial charge in [0.05, 0.1) is 5.16 Å². The van der Waals surface area contributed by atoms with E-state index in [0.717, 1.165) is 17.5 Å². The van der Waals surface area contributed by atoms with Gasteiger partial charge in [-0.1, -0.05) is 49.5 Å². The average Bonchev–Trinajstić information content (AvgIpc) is 2.74. The third-order valence-corrected chi connectivity index (χ3v) is 4.61. The first kappa shape index (κ1) is 20.6. The summed E-state index contributed by atoms with van der Waals surface area (Å²) in [5.74, 6) is 4.71. The van der Waals surface area contributed by atoms with Gasteiger partial charge in [-0.2, -0.15) is 4.99 Å². The van der Waals surface area contributed by atoms with E-state index in [1.54, 1.807) is 12.1 Å². The van der Waals surface area contributed by atoms with Crippen molar-refractivity contribution in [2.75, 3.05) is 0 Å². The molecule has 0 amide bonds. The Balaban J connectivity index is 1.76. The molecule has 0 radical (unpaired) electrons. The van der Waals surface area contributed by atoms with Crippen LogP contribution >= 0.6 is 12.2 Å². The SMILES string of the molecule is CCCCc1ccc(C#Cc2ccc(-c3cc(F)c(N=C=S)c(F)c3)cc2)cc1. The van der Waals surface area contributed by atoms with Crippen LogP contribution in [0.15, 0.2) is 65.7 Å². The van der Waals surface area contributed by atoms with Gasteiger partial charge in [0.1, 0.15) is 5.69 Å². The van der Waals surface area contributed by atoms with Crippen LogP contribution in [0, 0.1) is 23.5 Å². The summed E-state index contributed by atoms with van der Waals surface area (Å²) in [6.07, 6.45) is 3.46. The number of nitrogens with zero attached hydrogens (tertiary/aromatic N) is 1. The lowest BCUT2D eigenvalue weighted by Crippen LogP contribution is -1.87. The van der Waals surface area contributed by atoms with Crippen LogP contribution in [-0.4, -0.2) is 5.16 Å². The van der Waals surface area contributed by atoms with Crippen molar-refractivity contribution in [2.24, 2.45) is 4.99 Å². The fraction of sp³-hybridized carbons (Fsp3) is 0.160. The van der Waals surface area contributed by atoms with Gasteiger partial charge in [0, 0.05) is 11.1 Å². The third-order valence-electron chi connectivity index (χ3n) is 4.52. The summed E-state index contributed by atoms with van der Waals surface area (Å²) in [6, 6.07) is 18.0. The normalized spacial score (nSPS) is 10.0. The molecular formula is C25H19F2NS. The molecule has 0 saturated carbocycles. The highest BCUT2D eigenvalue weighted by molar-refractivity contribution is 7.78. The van der Waals surface area contributed by atoms with E-state index in [1.165, 1.54) is 30.5 Å². The van der Waals surface area contributed by atoms with Gasteiger partial charge >= 0.3 is 0 Å². The van der Waals surface area contributed by atoms with Gasteiger partial charge in [0.2, 0.25) is 0 Å². The molecule has 0 aliphatic rings. The van der Waals surface area contributed by atoms with Crippen LogP contribution in [0.1, 0.15) is 36.5 Å². The number of hydrogen-bond donors (Lipinski definition) is 0. The molecule has 1 nitrogen and oxygen atoms in total. The van der Waals surface area contributed by atoms with Crippen LogP contribution in [0.25, 0.3) is 11.1 Å². The molecule has 3 aromatic rings. The van der Waals surface area contributed by atoms with Crippen LogP contribution in [0.4, 0.5) is 14.5 Å². The lowest BCUT2D eigenvalue weighted by atomic mass is 10.0. The van der Waals surface area contributed by atoms with Gasteiger partial charge in [-0.3, -0.25) is 0 Å². The van der Waals surface area contributed by atoms with E-state index in [0.29, 0.717) is 11.1 Å². The van der Waals surface area contributed by atoms with Gasteiger partial charge in [0.25, 0.3) is 0 Å². The summed E-state index contributed by atoms with van der Waals surface area (Å²) in [5, 5.41) is 1.98. The summed E-state index contributed by atoms with van der Waals surface area (Å²) < 4.78 is 28.1. The standard InChI is InChI=1S/C25H19F2NS/c1-2-3-4-18-5-7-19(8-6-18)9-10-20-11-13-21(14-12-20)22-15-23(26)25(28-17-29)24(27)16-22/h5-8,11-16H,2-4H2,1H3. The number of aliphatic imine (C=N–C) groups is 1. The Morgan fingerprint density at radius 2 is 1.38 bits per heavy atom. The van der Waals surface area contributed by atoms with E-state index < -0.39 is 17.3 Å². The molecule has 0 bridgehead atoms. The Hall–Kier alpha value is -3.12. The van der Waals surface area contributed by atoms with Crippen LogP contribution in [0.5, 0.6) is 0 Å². The molecular weight excluding hydrogens is 384 g/mol. The number of isothiocyanates is 1. The zero-order valence-corrected chi connectivity index (χ0v) is 16.8. The third kappa shape index (κ3) is 5.45. The maximum absolute atomic E-state index is 14.0. The van der Waals surface area contributed by atoms with Crippen LogP contribution < -0.4 is 0 Å². The Morgan fingerprint density at radius 1 is 0.828 bits per heavy atom. The van der Waals surface area contributed by atoms with Gasteiger partial charge in [-0.15, -0.1) is 0 Å². The largest absolute Gasteiger partial charge is 0.204 e. The highest BCUT2D eigenvalue weighted by Gasteiger charge is 2.11. The van der Waals surface area contributed by atoms with Crippen molar-refractivity contribution in [1.82, 2.24) is 0 Å². The van der Waals surface area contributed by atoms with E-state index >= 15 is 0 Å². The molecule has 0 heterocycles. The zero-order valence-electron chi connectivity index (χ0n) is 16.0. The molecule has 0 unspecified atom stereocenters. The minimum absolute atomic E-state index is 0.422. The number of rotatable bonds is 5. The van der Waals surface area contributed by atoms with E-state index in [-0.39, 0.29) is 0 Å². The Labute approximate surface area is 175 Å². The maximum atomic E-state index is 14.0. The maximum Gasteiger partial charge on any atom is 0.153 e. The number of halogens is 2. The summed E-state index contributed by atoms with van der Waals surface area (Å²) in [6.45, 7) is 2.18. The van der Waals surface area contributed by atoms with Crippen molar-refractivity contribution in [3.8, 4) is 23.0 Å². The fourth-order valence-electron chi connectivity index (χ4n) is 2.91. The first-order chi connectivity index (χ1) is 14.1. The minimum atomic E-state index is -0.774. The predicted octanol–water partition coefficient (Wildman–Crippen LogP) is 7.11. The van der Waals surface area contributed by atoms with Crippen LogP contribution in [0.2, 0.25) is 0 Å². The molecule has 3 aromatic carbocycles. The second-order valence-corrected chi connectivity index (χ2v) is 6.80. The highest BCUT2D eigenvalue weighted by atomic mass is 32.1. The molecule has 0 saturated heterocycles. The van der Waals surface area contributed by atoms with E-state index in [4.69, 9.17) is 0 Å². The first-order valence-electron chi connectivity index (χ1n) is 9.39. The summed E-state index contributed by atoms with van der Waals surface area (Å²) in [5.41, 5.74) is 3.78. The van der Waals surface area contributed by atoms with Crippen molar-refractivity contribution >= 4 is 23.1 Å². The number of hydrogen-bond acceptors (Lipinski definition) is 2.